The molecule has 0 saturated heterocycles. The molecule has 0 aliphatic carbocycles. The molecule has 24 heavy (non-hydrogen) atoms. The standard InChI is InChI=1S/C15H14F2N4O3/c1-7-3-8(2)12(10(22)4-7)21-5-9-13(20-21)18-15(19-14(9)23)24-6-11(16)17/h3-5,11,22H,6H2,1-2H3,(H,18,19,20,23). The van der Waals surface area contributed by atoms with Crippen molar-refractivity contribution in [3.8, 4) is 17.4 Å². The number of fused-ring (bicyclic) bond motifs is 1. The van der Waals surface area contributed by atoms with E-state index in [1.165, 1.54) is 10.9 Å². The molecule has 1 aromatic carbocycles. The predicted molar refractivity (Wildman–Crippen MR) is 82.1 cm³/mol. The fraction of sp³-hybridized carbons (Fsp3) is 0.267. The molecule has 0 bridgehead atoms. The van der Waals surface area contributed by atoms with E-state index in [-0.39, 0.29) is 22.8 Å². The van der Waals surface area contributed by atoms with Crippen LogP contribution in [-0.2, 0) is 0 Å². The van der Waals surface area contributed by atoms with Crippen molar-refractivity contribution < 1.29 is 18.6 Å². The van der Waals surface area contributed by atoms with Gasteiger partial charge in [0.05, 0.1) is 0 Å². The summed E-state index contributed by atoms with van der Waals surface area (Å²) in [6.45, 7) is 2.76. The highest BCUT2D eigenvalue weighted by atomic mass is 19.3. The van der Waals surface area contributed by atoms with Crippen LogP contribution in [0.3, 0.4) is 0 Å². The largest absolute Gasteiger partial charge is 0.506 e. The van der Waals surface area contributed by atoms with Gasteiger partial charge in [0.2, 0.25) is 0 Å². The molecule has 0 amide bonds. The number of nitrogens with zero attached hydrogens (tertiary/aromatic N) is 3. The van der Waals surface area contributed by atoms with Gasteiger partial charge >= 0.3 is 0 Å². The van der Waals surface area contributed by atoms with Gasteiger partial charge in [0.25, 0.3) is 18.0 Å². The van der Waals surface area contributed by atoms with Crippen LogP contribution in [0, 0.1) is 13.8 Å². The van der Waals surface area contributed by atoms with Crippen molar-refractivity contribution in [1.29, 1.82) is 0 Å². The molecule has 126 valence electrons. The normalized spacial score (nSPS) is 11.4. The number of nitrogens with one attached hydrogen (secondary N) is 1. The number of aryl methyl sites for hydroxylation is 2. The highest BCUT2D eigenvalue weighted by molar-refractivity contribution is 5.74. The molecule has 0 spiro atoms. The molecule has 3 aromatic rings. The van der Waals surface area contributed by atoms with Gasteiger partial charge in [-0.3, -0.25) is 9.78 Å². The summed E-state index contributed by atoms with van der Waals surface area (Å²) in [6, 6.07) is 3.10. The lowest BCUT2D eigenvalue weighted by atomic mass is 10.1. The van der Waals surface area contributed by atoms with E-state index >= 15 is 0 Å². The third-order valence-corrected chi connectivity index (χ3v) is 3.37. The molecular weight excluding hydrogens is 322 g/mol. The lowest BCUT2D eigenvalue weighted by Crippen LogP contribution is -2.14. The second-order valence-corrected chi connectivity index (χ2v) is 5.33. The minimum atomic E-state index is -2.68. The van der Waals surface area contributed by atoms with Crippen molar-refractivity contribution in [2.75, 3.05) is 6.61 Å². The maximum absolute atomic E-state index is 12.2. The molecule has 3 rings (SSSR count). The van der Waals surface area contributed by atoms with Crippen LogP contribution >= 0.6 is 0 Å². The van der Waals surface area contributed by atoms with E-state index in [0.717, 1.165) is 11.1 Å². The Morgan fingerprint density at radius 3 is 2.79 bits per heavy atom. The van der Waals surface area contributed by atoms with Crippen molar-refractivity contribution >= 4 is 11.0 Å². The quantitative estimate of drug-likeness (QED) is 0.761. The number of hydrogen-bond donors (Lipinski definition) is 2. The second kappa shape index (κ2) is 5.91. The number of aromatic hydroxyl groups is 1. The molecule has 2 heterocycles. The number of hydrogen-bond acceptors (Lipinski definition) is 5. The van der Waals surface area contributed by atoms with Gasteiger partial charge in [-0.05, 0) is 31.0 Å². The number of aromatic amines is 1. The Morgan fingerprint density at radius 1 is 1.38 bits per heavy atom. The number of H-pyrrole nitrogens is 1. The van der Waals surface area contributed by atoms with E-state index in [1.54, 1.807) is 13.0 Å². The number of ether oxygens (including phenoxy) is 1. The zero-order valence-corrected chi connectivity index (χ0v) is 12.9. The van der Waals surface area contributed by atoms with Gasteiger partial charge in [0.15, 0.2) is 12.3 Å². The molecule has 0 radical (unpaired) electrons. The smallest absolute Gasteiger partial charge is 0.298 e. The van der Waals surface area contributed by atoms with Gasteiger partial charge in [0.1, 0.15) is 16.8 Å². The maximum atomic E-state index is 12.2. The Morgan fingerprint density at radius 2 is 2.12 bits per heavy atom. The van der Waals surface area contributed by atoms with E-state index < -0.39 is 18.6 Å². The molecule has 0 aliphatic heterocycles. The maximum Gasteiger partial charge on any atom is 0.298 e. The topological polar surface area (TPSA) is 93.0 Å². The Balaban J connectivity index is 2.09. The average Bonchev–Trinajstić information content (AvgIpc) is 2.88. The molecule has 2 N–H and O–H groups in total. The van der Waals surface area contributed by atoms with E-state index in [2.05, 4.69) is 15.1 Å². The van der Waals surface area contributed by atoms with Crippen molar-refractivity contribution in [1.82, 2.24) is 19.7 Å². The summed E-state index contributed by atoms with van der Waals surface area (Å²) >= 11 is 0. The van der Waals surface area contributed by atoms with Crippen LogP contribution in [0.5, 0.6) is 11.8 Å². The molecule has 9 heteroatoms. The van der Waals surface area contributed by atoms with Crippen LogP contribution in [0.25, 0.3) is 16.7 Å². The summed E-state index contributed by atoms with van der Waals surface area (Å²) in [7, 11) is 0. The van der Waals surface area contributed by atoms with E-state index in [0.29, 0.717) is 5.69 Å². The fourth-order valence-electron chi connectivity index (χ4n) is 2.46. The van der Waals surface area contributed by atoms with Crippen LogP contribution in [0.1, 0.15) is 11.1 Å². The Labute approximate surface area is 134 Å². The van der Waals surface area contributed by atoms with Crippen molar-refractivity contribution in [2.45, 2.75) is 20.3 Å². The van der Waals surface area contributed by atoms with Gasteiger partial charge in [-0.25, -0.2) is 13.5 Å². The molecule has 7 nitrogen and oxygen atoms in total. The number of benzene rings is 1. The average molecular weight is 336 g/mol. The third-order valence-electron chi connectivity index (χ3n) is 3.37. The van der Waals surface area contributed by atoms with Crippen LogP contribution in [0.2, 0.25) is 0 Å². The fourth-order valence-corrected chi connectivity index (χ4v) is 2.46. The van der Waals surface area contributed by atoms with Gasteiger partial charge in [-0.15, -0.1) is 5.10 Å². The molecule has 0 aliphatic rings. The first-order valence-electron chi connectivity index (χ1n) is 7.06. The summed E-state index contributed by atoms with van der Waals surface area (Å²) in [6.07, 6.45) is -1.27. The Bertz CT molecular complexity index is 942. The van der Waals surface area contributed by atoms with Gasteiger partial charge < -0.3 is 9.84 Å². The van der Waals surface area contributed by atoms with Crippen LogP contribution < -0.4 is 10.3 Å². The third kappa shape index (κ3) is 2.92. The lowest BCUT2D eigenvalue weighted by molar-refractivity contribution is 0.0771. The molecule has 0 saturated carbocycles. The number of phenolic OH excluding ortho intramolecular Hbond substituents is 1. The summed E-state index contributed by atoms with van der Waals surface area (Å²) in [5, 5.41) is 14.4. The SMILES string of the molecule is Cc1cc(C)c(-n2cc3c(=O)[nH]c(OCC(F)F)nc3n2)c(O)c1. The zero-order chi connectivity index (χ0) is 17.4. The van der Waals surface area contributed by atoms with Crippen molar-refractivity contribution in [3.05, 3.63) is 39.8 Å². The van der Waals surface area contributed by atoms with E-state index in [9.17, 15) is 18.7 Å². The van der Waals surface area contributed by atoms with Crippen molar-refractivity contribution in [3.63, 3.8) is 0 Å². The molecule has 0 unspecified atom stereocenters. The number of halogens is 2. The van der Waals surface area contributed by atoms with Gasteiger partial charge in [0, 0.05) is 6.20 Å². The molecule has 0 fully saturated rings. The second-order valence-electron chi connectivity index (χ2n) is 5.33. The first-order valence-corrected chi connectivity index (χ1v) is 7.06. The van der Waals surface area contributed by atoms with Crippen LogP contribution in [-0.4, -0.2) is 37.9 Å². The highest BCUT2D eigenvalue weighted by Crippen LogP contribution is 2.27. The number of phenols is 1. The van der Waals surface area contributed by atoms with Crippen LogP contribution in [0.15, 0.2) is 23.1 Å². The van der Waals surface area contributed by atoms with Gasteiger partial charge in [-0.2, -0.15) is 4.98 Å². The summed E-state index contributed by atoms with van der Waals surface area (Å²) < 4.78 is 30.4. The van der Waals surface area contributed by atoms with Gasteiger partial charge in [-0.1, -0.05) is 6.07 Å². The first-order chi connectivity index (χ1) is 11.3. The Hall–Kier alpha value is -2.97. The molecular formula is C15H14F2N4O3. The van der Waals surface area contributed by atoms with Crippen LogP contribution in [0.4, 0.5) is 8.78 Å². The monoisotopic (exact) mass is 336 g/mol. The summed E-state index contributed by atoms with van der Waals surface area (Å²) in [5.74, 6) is 0.00547. The van der Waals surface area contributed by atoms with E-state index in [1.807, 2.05) is 13.0 Å². The number of aromatic nitrogens is 4. The lowest BCUT2D eigenvalue weighted by Gasteiger charge is -2.09. The summed E-state index contributed by atoms with van der Waals surface area (Å²) in [4.78, 5) is 18.2. The van der Waals surface area contributed by atoms with E-state index in [4.69, 9.17) is 4.74 Å². The van der Waals surface area contributed by atoms with Crippen molar-refractivity contribution in [2.24, 2.45) is 0 Å². The molecule has 0 atom stereocenters. The minimum Gasteiger partial charge on any atom is -0.506 e. The first kappa shape index (κ1) is 15.9. The highest BCUT2D eigenvalue weighted by Gasteiger charge is 2.15. The molecule has 2 aromatic heterocycles. The zero-order valence-electron chi connectivity index (χ0n) is 12.9. The number of rotatable bonds is 4. The Kier molecular flexibility index (Phi) is 3.92. The number of alkyl halides is 2. The predicted octanol–water partition coefficient (Wildman–Crippen LogP) is 2.08. The summed E-state index contributed by atoms with van der Waals surface area (Å²) in [5.41, 5.74) is 1.50. The minimum absolute atomic E-state index is 0.00547.